The van der Waals surface area contributed by atoms with Crippen molar-refractivity contribution in [3.05, 3.63) is 0 Å². The number of carbonyl (C=O) groups is 1. The Labute approximate surface area is 87.2 Å². The molecule has 0 fully saturated rings. The van der Waals surface area contributed by atoms with Crippen molar-refractivity contribution in [1.82, 2.24) is 5.32 Å². The lowest BCUT2D eigenvalue weighted by molar-refractivity contribution is -0.121. The van der Waals surface area contributed by atoms with Gasteiger partial charge in [0, 0.05) is 20.1 Å². The average molecular weight is 201 g/mol. The summed E-state index contributed by atoms with van der Waals surface area (Å²) in [6.07, 6.45) is 6.63. The smallest absolute Gasteiger partial charge is 0.220 e. The van der Waals surface area contributed by atoms with E-state index in [1.165, 1.54) is 25.7 Å². The second-order valence-electron chi connectivity index (χ2n) is 3.51. The van der Waals surface area contributed by atoms with E-state index in [0.717, 1.165) is 6.42 Å². The maximum Gasteiger partial charge on any atom is 0.220 e. The maximum absolute atomic E-state index is 11.2. The molecule has 14 heavy (non-hydrogen) atoms. The van der Waals surface area contributed by atoms with E-state index in [1.54, 1.807) is 7.11 Å². The van der Waals surface area contributed by atoms with Gasteiger partial charge in [-0.1, -0.05) is 32.6 Å². The number of carbonyl (C=O) groups excluding carboxylic acids is 1. The Bertz CT molecular complexity index is 137. The quantitative estimate of drug-likeness (QED) is 0.580. The maximum atomic E-state index is 11.2. The van der Waals surface area contributed by atoms with Crippen molar-refractivity contribution in [2.45, 2.75) is 45.4 Å². The highest BCUT2D eigenvalue weighted by molar-refractivity contribution is 5.75. The highest BCUT2D eigenvalue weighted by Crippen LogP contribution is 2.04. The molecule has 0 heterocycles. The summed E-state index contributed by atoms with van der Waals surface area (Å²) < 4.78 is 4.84. The number of amides is 1. The zero-order valence-corrected chi connectivity index (χ0v) is 9.47. The van der Waals surface area contributed by atoms with E-state index < -0.39 is 0 Å². The fourth-order valence-corrected chi connectivity index (χ4v) is 1.27. The minimum atomic E-state index is 0.151. The molecule has 84 valence electrons. The molecule has 0 spiro atoms. The first-order valence-corrected chi connectivity index (χ1v) is 5.57. The Morgan fingerprint density at radius 2 is 1.93 bits per heavy atom. The highest BCUT2D eigenvalue weighted by atomic mass is 16.5. The molecule has 0 aliphatic carbocycles. The molecule has 0 aliphatic rings. The van der Waals surface area contributed by atoms with E-state index in [-0.39, 0.29) is 5.91 Å². The SMILES string of the molecule is CCCCCCCC(=O)NCCOC. The van der Waals surface area contributed by atoms with E-state index in [4.69, 9.17) is 4.74 Å². The van der Waals surface area contributed by atoms with Crippen molar-refractivity contribution in [3.8, 4) is 0 Å². The lowest BCUT2D eigenvalue weighted by Crippen LogP contribution is -2.26. The van der Waals surface area contributed by atoms with Gasteiger partial charge in [-0.2, -0.15) is 0 Å². The number of nitrogens with one attached hydrogen (secondary N) is 1. The Hall–Kier alpha value is -0.570. The molecule has 0 aromatic rings. The van der Waals surface area contributed by atoms with Crippen LogP contribution >= 0.6 is 0 Å². The Morgan fingerprint density at radius 1 is 1.21 bits per heavy atom. The van der Waals surface area contributed by atoms with Crippen molar-refractivity contribution in [2.75, 3.05) is 20.3 Å². The number of ether oxygens (including phenoxy) is 1. The summed E-state index contributed by atoms with van der Waals surface area (Å²) in [4.78, 5) is 11.2. The minimum absolute atomic E-state index is 0.151. The standard InChI is InChI=1S/C11H23NO2/c1-3-4-5-6-7-8-11(13)12-9-10-14-2/h3-10H2,1-2H3,(H,12,13). The number of rotatable bonds is 9. The summed E-state index contributed by atoms with van der Waals surface area (Å²) in [5.74, 6) is 0.151. The van der Waals surface area contributed by atoms with E-state index >= 15 is 0 Å². The van der Waals surface area contributed by atoms with Gasteiger partial charge >= 0.3 is 0 Å². The van der Waals surface area contributed by atoms with Gasteiger partial charge < -0.3 is 10.1 Å². The molecule has 1 amide bonds. The lowest BCUT2D eigenvalue weighted by atomic mass is 10.1. The van der Waals surface area contributed by atoms with Crippen LogP contribution in [0.2, 0.25) is 0 Å². The molecular weight excluding hydrogens is 178 g/mol. The van der Waals surface area contributed by atoms with Gasteiger partial charge in [-0.3, -0.25) is 4.79 Å². The van der Waals surface area contributed by atoms with Crippen LogP contribution in [-0.4, -0.2) is 26.2 Å². The van der Waals surface area contributed by atoms with Crippen LogP contribution in [0.3, 0.4) is 0 Å². The largest absolute Gasteiger partial charge is 0.383 e. The molecule has 0 radical (unpaired) electrons. The van der Waals surface area contributed by atoms with Crippen LogP contribution in [-0.2, 0) is 9.53 Å². The first-order chi connectivity index (χ1) is 6.81. The number of hydrogen-bond donors (Lipinski definition) is 1. The Morgan fingerprint density at radius 3 is 2.57 bits per heavy atom. The van der Waals surface area contributed by atoms with Gasteiger partial charge in [-0.05, 0) is 6.42 Å². The fraction of sp³-hybridized carbons (Fsp3) is 0.909. The molecule has 0 rings (SSSR count). The summed E-state index contributed by atoms with van der Waals surface area (Å²) in [5.41, 5.74) is 0. The first-order valence-electron chi connectivity index (χ1n) is 5.57. The molecule has 1 N–H and O–H groups in total. The van der Waals surface area contributed by atoms with Crippen molar-refractivity contribution < 1.29 is 9.53 Å². The summed E-state index contributed by atoms with van der Waals surface area (Å²) in [6, 6.07) is 0. The van der Waals surface area contributed by atoms with Crippen molar-refractivity contribution in [3.63, 3.8) is 0 Å². The molecule has 0 aliphatic heterocycles. The molecule has 0 atom stereocenters. The second kappa shape index (κ2) is 10.5. The predicted molar refractivity (Wildman–Crippen MR) is 58.3 cm³/mol. The molecule has 3 nitrogen and oxygen atoms in total. The monoisotopic (exact) mass is 201 g/mol. The van der Waals surface area contributed by atoms with Gasteiger partial charge in [-0.15, -0.1) is 0 Å². The van der Waals surface area contributed by atoms with Gasteiger partial charge in [0.15, 0.2) is 0 Å². The van der Waals surface area contributed by atoms with Gasteiger partial charge in [-0.25, -0.2) is 0 Å². The summed E-state index contributed by atoms with van der Waals surface area (Å²) >= 11 is 0. The molecule has 0 unspecified atom stereocenters. The van der Waals surface area contributed by atoms with Gasteiger partial charge in [0.05, 0.1) is 6.61 Å². The first kappa shape index (κ1) is 13.4. The van der Waals surface area contributed by atoms with E-state index in [9.17, 15) is 4.79 Å². The van der Waals surface area contributed by atoms with Crippen molar-refractivity contribution >= 4 is 5.91 Å². The van der Waals surface area contributed by atoms with Gasteiger partial charge in [0.1, 0.15) is 0 Å². The molecule has 0 aromatic heterocycles. The van der Waals surface area contributed by atoms with E-state index in [1.807, 2.05) is 0 Å². The minimum Gasteiger partial charge on any atom is -0.383 e. The zero-order valence-electron chi connectivity index (χ0n) is 9.47. The summed E-state index contributed by atoms with van der Waals surface area (Å²) in [6.45, 7) is 3.42. The molecule has 0 saturated carbocycles. The topological polar surface area (TPSA) is 38.3 Å². The predicted octanol–water partition coefficient (Wildman–Crippen LogP) is 2.11. The van der Waals surface area contributed by atoms with Crippen LogP contribution in [0.15, 0.2) is 0 Å². The Balaban J connectivity index is 3.10. The second-order valence-corrected chi connectivity index (χ2v) is 3.51. The molecular formula is C11H23NO2. The van der Waals surface area contributed by atoms with Crippen LogP contribution in [0, 0.1) is 0 Å². The number of unbranched alkanes of at least 4 members (excludes halogenated alkanes) is 4. The van der Waals surface area contributed by atoms with Gasteiger partial charge in [0.25, 0.3) is 0 Å². The molecule has 3 heteroatoms. The highest BCUT2D eigenvalue weighted by Gasteiger charge is 1.99. The van der Waals surface area contributed by atoms with E-state index in [0.29, 0.717) is 19.6 Å². The van der Waals surface area contributed by atoms with Crippen LogP contribution in [0.1, 0.15) is 45.4 Å². The van der Waals surface area contributed by atoms with Gasteiger partial charge in [0.2, 0.25) is 5.91 Å². The van der Waals surface area contributed by atoms with Crippen LogP contribution < -0.4 is 5.32 Å². The third-order valence-electron chi connectivity index (χ3n) is 2.14. The van der Waals surface area contributed by atoms with Crippen LogP contribution in [0.25, 0.3) is 0 Å². The van der Waals surface area contributed by atoms with E-state index in [2.05, 4.69) is 12.2 Å². The van der Waals surface area contributed by atoms with Crippen molar-refractivity contribution in [2.24, 2.45) is 0 Å². The normalized spacial score (nSPS) is 10.1. The summed E-state index contributed by atoms with van der Waals surface area (Å²) in [7, 11) is 1.64. The average Bonchev–Trinajstić information content (AvgIpc) is 2.18. The lowest BCUT2D eigenvalue weighted by Gasteiger charge is -2.03. The third kappa shape index (κ3) is 9.52. The van der Waals surface area contributed by atoms with Crippen molar-refractivity contribution in [1.29, 1.82) is 0 Å². The summed E-state index contributed by atoms with van der Waals surface area (Å²) in [5, 5.41) is 2.81. The molecule has 0 saturated heterocycles. The third-order valence-corrected chi connectivity index (χ3v) is 2.14. The Kier molecular flexibility index (Phi) is 10.1. The number of methoxy groups -OCH3 is 1. The van der Waals surface area contributed by atoms with Crippen LogP contribution in [0.5, 0.6) is 0 Å². The van der Waals surface area contributed by atoms with Crippen LogP contribution in [0.4, 0.5) is 0 Å². The molecule has 0 bridgehead atoms. The number of hydrogen-bond acceptors (Lipinski definition) is 2. The molecule has 0 aromatic carbocycles. The zero-order chi connectivity index (χ0) is 10.6. The fourth-order valence-electron chi connectivity index (χ4n) is 1.27.